The van der Waals surface area contributed by atoms with Crippen LogP contribution >= 0.6 is 11.8 Å². The van der Waals surface area contributed by atoms with Crippen LogP contribution in [0.1, 0.15) is 25.3 Å². The number of hydrogen-bond acceptors (Lipinski definition) is 3. The lowest BCUT2D eigenvalue weighted by Gasteiger charge is -2.12. The lowest BCUT2D eigenvalue weighted by molar-refractivity contribution is -0.120. The second-order valence-electron chi connectivity index (χ2n) is 5.54. The Balaban J connectivity index is 2.22. The Labute approximate surface area is 154 Å². The Morgan fingerprint density at radius 2 is 1.84 bits per heavy atom. The molecule has 3 N–H and O–H groups in total. The Morgan fingerprint density at radius 3 is 2.52 bits per heavy atom. The highest BCUT2D eigenvalue weighted by molar-refractivity contribution is 7.98. The van der Waals surface area contributed by atoms with Gasteiger partial charge in [0.15, 0.2) is 5.96 Å². The number of nitrogens with one attached hydrogen (secondary N) is 3. The smallest absolute Gasteiger partial charge is 0.224 e. The molecule has 0 aliphatic rings. The first-order valence-electron chi connectivity index (χ1n) is 8.68. The van der Waals surface area contributed by atoms with Gasteiger partial charge in [0.05, 0.1) is 6.42 Å². The monoisotopic (exact) mass is 368 g/mol. The predicted molar refractivity (Wildman–Crippen MR) is 105 cm³/mol. The second kappa shape index (κ2) is 13.5. The Kier molecular flexibility index (Phi) is 11.5. The summed E-state index contributed by atoms with van der Waals surface area (Å²) in [4.78, 5) is 16.4. The summed E-state index contributed by atoms with van der Waals surface area (Å²) in [5.41, 5.74) is 0.798. The highest BCUT2D eigenvalue weighted by atomic mass is 32.2. The van der Waals surface area contributed by atoms with E-state index in [4.69, 9.17) is 0 Å². The number of benzene rings is 1. The summed E-state index contributed by atoms with van der Waals surface area (Å²) in [6.45, 7) is 4.73. The fraction of sp³-hybridized carbons (Fsp3) is 0.556. The van der Waals surface area contributed by atoms with Gasteiger partial charge in [0.1, 0.15) is 5.82 Å². The molecule has 140 valence electrons. The van der Waals surface area contributed by atoms with Crippen LogP contribution in [0.4, 0.5) is 4.39 Å². The van der Waals surface area contributed by atoms with Gasteiger partial charge in [0.25, 0.3) is 0 Å². The summed E-state index contributed by atoms with van der Waals surface area (Å²) in [7, 11) is 0. The minimum atomic E-state index is -0.294. The van der Waals surface area contributed by atoms with Crippen molar-refractivity contribution in [2.24, 2.45) is 4.99 Å². The van der Waals surface area contributed by atoms with Crippen molar-refractivity contribution in [2.75, 3.05) is 38.2 Å². The number of amides is 1. The second-order valence-corrected chi connectivity index (χ2v) is 6.53. The van der Waals surface area contributed by atoms with Crippen molar-refractivity contribution in [1.29, 1.82) is 0 Å². The summed E-state index contributed by atoms with van der Waals surface area (Å²) in [6, 6.07) is 5.98. The number of unbranched alkanes of at least 4 members (excludes halogenated alkanes) is 1. The molecule has 0 spiro atoms. The zero-order chi connectivity index (χ0) is 18.3. The maximum atomic E-state index is 12.8. The number of carbonyl (C=O) groups excluding carboxylic acids is 1. The molecule has 0 unspecified atom stereocenters. The third-order valence-electron chi connectivity index (χ3n) is 3.39. The molecule has 0 radical (unpaired) electrons. The summed E-state index contributed by atoms with van der Waals surface area (Å²) in [6.07, 6.45) is 4.61. The molecule has 25 heavy (non-hydrogen) atoms. The largest absolute Gasteiger partial charge is 0.357 e. The molecule has 0 aliphatic carbocycles. The number of guanidine groups is 1. The van der Waals surface area contributed by atoms with E-state index < -0.39 is 0 Å². The first-order valence-corrected chi connectivity index (χ1v) is 10.1. The Hall–Kier alpha value is -1.76. The molecular formula is C18H29FN4OS. The zero-order valence-corrected chi connectivity index (χ0v) is 15.9. The Morgan fingerprint density at radius 1 is 1.12 bits per heavy atom. The quantitative estimate of drug-likeness (QED) is 0.318. The first kappa shape index (κ1) is 21.3. The maximum absolute atomic E-state index is 12.8. The van der Waals surface area contributed by atoms with Crippen LogP contribution in [0.25, 0.3) is 0 Å². The van der Waals surface area contributed by atoms with Crippen molar-refractivity contribution < 1.29 is 9.18 Å². The molecule has 0 fully saturated rings. The van der Waals surface area contributed by atoms with Crippen LogP contribution in [-0.4, -0.2) is 50.1 Å². The molecule has 1 aromatic rings. The van der Waals surface area contributed by atoms with Crippen LogP contribution in [-0.2, 0) is 11.2 Å². The van der Waals surface area contributed by atoms with E-state index in [1.54, 1.807) is 12.1 Å². The SMILES string of the molecule is CCNC(=NCCCCSC)NCCNC(=O)Cc1ccc(F)cc1. The molecule has 1 amide bonds. The van der Waals surface area contributed by atoms with Gasteiger partial charge < -0.3 is 16.0 Å². The van der Waals surface area contributed by atoms with Gasteiger partial charge in [-0.1, -0.05) is 12.1 Å². The average Bonchev–Trinajstić information content (AvgIpc) is 2.60. The lowest BCUT2D eigenvalue weighted by Crippen LogP contribution is -2.41. The molecule has 0 saturated heterocycles. The van der Waals surface area contributed by atoms with Gasteiger partial charge in [0.2, 0.25) is 5.91 Å². The molecule has 7 heteroatoms. The van der Waals surface area contributed by atoms with Gasteiger partial charge in [0, 0.05) is 26.2 Å². The zero-order valence-electron chi connectivity index (χ0n) is 15.1. The van der Waals surface area contributed by atoms with E-state index in [0.717, 1.165) is 31.0 Å². The van der Waals surface area contributed by atoms with Gasteiger partial charge >= 0.3 is 0 Å². The van der Waals surface area contributed by atoms with Crippen molar-refractivity contribution >= 4 is 23.6 Å². The van der Waals surface area contributed by atoms with E-state index in [0.29, 0.717) is 13.1 Å². The highest BCUT2D eigenvalue weighted by Gasteiger charge is 2.03. The number of rotatable bonds is 11. The third kappa shape index (κ3) is 10.7. The molecule has 0 saturated carbocycles. The fourth-order valence-electron chi connectivity index (χ4n) is 2.12. The summed E-state index contributed by atoms with van der Waals surface area (Å²) >= 11 is 1.85. The van der Waals surface area contributed by atoms with Crippen molar-refractivity contribution in [2.45, 2.75) is 26.2 Å². The summed E-state index contributed by atoms with van der Waals surface area (Å²) in [5, 5.41) is 9.25. The lowest BCUT2D eigenvalue weighted by atomic mass is 10.1. The topological polar surface area (TPSA) is 65.5 Å². The van der Waals surface area contributed by atoms with Gasteiger partial charge in [-0.25, -0.2) is 4.39 Å². The van der Waals surface area contributed by atoms with Crippen LogP contribution in [0.3, 0.4) is 0 Å². The predicted octanol–water partition coefficient (Wildman–Crippen LogP) is 2.18. The van der Waals surface area contributed by atoms with E-state index in [9.17, 15) is 9.18 Å². The molecule has 1 rings (SSSR count). The molecule has 5 nitrogen and oxygen atoms in total. The third-order valence-corrected chi connectivity index (χ3v) is 4.09. The first-order chi connectivity index (χ1) is 12.2. The number of carbonyl (C=O) groups is 1. The standard InChI is InChI=1S/C18H29FN4OS/c1-3-20-18(22-10-4-5-13-25-2)23-12-11-21-17(24)14-15-6-8-16(19)9-7-15/h6-9H,3-5,10-14H2,1-2H3,(H,21,24)(H2,20,22,23). The summed E-state index contributed by atoms with van der Waals surface area (Å²) < 4.78 is 12.8. The minimum Gasteiger partial charge on any atom is -0.357 e. The van der Waals surface area contributed by atoms with E-state index >= 15 is 0 Å². The average molecular weight is 369 g/mol. The van der Waals surface area contributed by atoms with Crippen molar-refractivity contribution in [1.82, 2.24) is 16.0 Å². The molecule has 0 bridgehead atoms. The molecular weight excluding hydrogens is 339 g/mol. The molecule has 1 aromatic carbocycles. The Bertz CT molecular complexity index is 522. The van der Waals surface area contributed by atoms with Crippen LogP contribution in [0, 0.1) is 5.82 Å². The van der Waals surface area contributed by atoms with Gasteiger partial charge in [-0.05, 0) is 49.5 Å². The summed E-state index contributed by atoms with van der Waals surface area (Å²) in [5.74, 6) is 1.57. The molecule has 0 atom stereocenters. The number of halogens is 1. The highest BCUT2D eigenvalue weighted by Crippen LogP contribution is 2.03. The van der Waals surface area contributed by atoms with Crippen molar-refractivity contribution in [3.63, 3.8) is 0 Å². The molecule has 0 heterocycles. The van der Waals surface area contributed by atoms with Gasteiger partial charge in [-0.2, -0.15) is 11.8 Å². The van der Waals surface area contributed by atoms with Crippen LogP contribution in [0.5, 0.6) is 0 Å². The minimum absolute atomic E-state index is 0.0765. The number of hydrogen-bond donors (Lipinski definition) is 3. The van der Waals surface area contributed by atoms with Crippen LogP contribution < -0.4 is 16.0 Å². The van der Waals surface area contributed by atoms with Crippen LogP contribution in [0.2, 0.25) is 0 Å². The molecule has 0 aromatic heterocycles. The number of thioether (sulfide) groups is 1. The molecule has 0 aliphatic heterocycles. The normalized spacial score (nSPS) is 11.2. The number of aliphatic imine (C=N–C) groups is 1. The maximum Gasteiger partial charge on any atom is 0.224 e. The van der Waals surface area contributed by atoms with E-state index in [1.165, 1.54) is 24.3 Å². The van der Waals surface area contributed by atoms with E-state index in [2.05, 4.69) is 27.2 Å². The van der Waals surface area contributed by atoms with Crippen molar-refractivity contribution in [3.8, 4) is 0 Å². The van der Waals surface area contributed by atoms with Crippen LogP contribution in [0.15, 0.2) is 29.3 Å². The van der Waals surface area contributed by atoms with Gasteiger partial charge in [-0.3, -0.25) is 9.79 Å². The van der Waals surface area contributed by atoms with Crippen molar-refractivity contribution in [3.05, 3.63) is 35.6 Å². The van der Waals surface area contributed by atoms with Gasteiger partial charge in [-0.15, -0.1) is 0 Å². The van der Waals surface area contributed by atoms with E-state index in [-0.39, 0.29) is 18.1 Å². The fourth-order valence-corrected chi connectivity index (χ4v) is 2.62. The van der Waals surface area contributed by atoms with E-state index in [1.807, 2.05) is 18.7 Å². The number of nitrogens with zero attached hydrogens (tertiary/aromatic N) is 1.